The maximum atomic E-state index is 12.7. The number of carbonyl (C=O) groups excluding carboxylic acids is 3. The van der Waals surface area contributed by atoms with Gasteiger partial charge < -0.3 is 50.9 Å². The minimum atomic E-state index is -5.57. The van der Waals surface area contributed by atoms with E-state index in [0.717, 1.165) is 48.2 Å². The quantitative estimate of drug-likeness (QED) is 0.0307. The van der Waals surface area contributed by atoms with Crippen LogP contribution in [-0.2, 0) is 50.7 Å². The van der Waals surface area contributed by atoms with Crippen LogP contribution >= 0.6 is 35.2 Å². The Balaban J connectivity index is 1.45. The lowest BCUT2D eigenvalue weighted by molar-refractivity contribution is -0.137. The van der Waals surface area contributed by atoms with E-state index in [1.165, 1.54) is 19.9 Å². The fourth-order valence-electron chi connectivity index (χ4n) is 4.99. The molecule has 2 aromatic rings. The summed E-state index contributed by atoms with van der Waals surface area (Å²) in [5.41, 5.74) is 4.26. The molecule has 0 radical (unpaired) electrons. The summed E-state index contributed by atoms with van der Waals surface area (Å²) < 4.78 is 62.1. The highest BCUT2D eigenvalue weighted by molar-refractivity contribution is 8.14. The fourth-order valence-corrected chi connectivity index (χ4v) is 8.41. The number of aliphatic hydroxyl groups is 2. The Kier molecular flexibility index (Phi) is 18.8. The van der Waals surface area contributed by atoms with Gasteiger partial charge in [-0.1, -0.05) is 50.8 Å². The second-order valence-electron chi connectivity index (χ2n) is 13.1. The van der Waals surface area contributed by atoms with Gasteiger partial charge in [0.05, 0.1) is 19.5 Å². The molecule has 28 heteroatoms. The van der Waals surface area contributed by atoms with Crippen LogP contribution in [0, 0.1) is 5.41 Å². The van der Waals surface area contributed by atoms with Crippen LogP contribution in [0.5, 0.6) is 0 Å². The van der Waals surface area contributed by atoms with Crippen LogP contribution in [0.15, 0.2) is 37.0 Å². The van der Waals surface area contributed by atoms with E-state index >= 15 is 0 Å². The SMILES string of the molecule is CC/C=C/CC/C=C/C(=O)SCCNC(=O)CCNC(=O)C(O)C(C)(C)COP(=O)(O)OP(=O)(O)OCC1OC(n2cnc3c(N)ncnc32)C(O)C1OP(=O)(O)O. The zero-order chi connectivity index (χ0) is 43.3. The van der Waals surface area contributed by atoms with Gasteiger partial charge in [-0.3, -0.25) is 32.5 Å². The van der Waals surface area contributed by atoms with Crippen molar-refractivity contribution in [3.8, 4) is 0 Å². The third-order valence-electron chi connectivity index (χ3n) is 7.90. The van der Waals surface area contributed by atoms with Gasteiger partial charge in [0, 0.05) is 30.7 Å². The molecule has 1 aliphatic heterocycles. The van der Waals surface area contributed by atoms with Crippen LogP contribution in [0.25, 0.3) is 11.2 Å². The summed E-state index contributed by atoms with van der Waals surface area (Å²) in [6.07, 6.45) is 2.94. The van der Waals surface area contributed by atoms with Crippen molar-refractivity contribution in [3.05, 3.63) is 37.0 Å². The summed E-state index contributed by atoms with van der Waals surface area (Å²) >= 11 is 1.03. The summed E-state index contributed by atoms with van der Waals surface area (Å²) in [6, 6.07) is 0. The first-order valence-corrected chi connectivity index (χ1v) is 22.9. The van der Waals surface area contributed by atoms with Gasteiger partial charge in [0.2, 0.25) is 16.9 Å². The number of aliphatic hydroxyl groups excluding tert-OH is 2. The smallest absolute Gasteiger partial charge is 0.386 e. The molecule has 0 bridgehead atoms. The number of thioether (sulfide) groups is 1. The normalized spacial score (nSPS) is 21.6. The number of rotatable bonds is 24. The number of aromatic nitrogens is 4. The van der Waals surface area contributed by atoms with Crippen molar-refractivity contribution in [3.63, 3.8) is 0 Å². The Morgan fingerprint density at radius 3 is 2.41 bits per heavy atom. The molecule has 1 saturated heterocycles. The molecule has 24 nitrogen and oxygen atoms in total. The Morgan fingerprint density at radius 2 is 1.72 bits per heavy atom. The third kappa shape index (κ3) is 15.9. The molecule has 10 N–H and O–H groups in total. The molecule has 7 atom stereocenters. The number of hydrogen-bond donors (Lipinski definition) is 9. The van der Waals surface area contributed by atoms with Crippen LogP contribution in [0.4, 0.5) is 5.82 Å². The van der Waals surface area contributed by atoms with Crippen LogP contribution in [0.2, 0.25) is 0 Å². The van der Waals surface area contributed by atoms with Crippen LogP contribution in [-0.4, -0.2) is 123 Å². The van der Waals surface area contributed by atoms with Crippen molar-refractivity contribution in [2.24, 2.45) is 5.41 Å². The number of ether oxygens (including phenoxy) is 1. The van der Waals surface area contributed by atoms with Gasteiger partial charge in [-0.05, 0) is 25.3 Å². The summed E-state index contributed by atoms with van der Waals surface area (Å²) in [6.45, 7) is 2.51. The number of hydrogen-bond acceptors (Lipinski definition) is 18. The Bertz CT molecular complexity index is 1930. The van der Waals surface area contributed by atoms with Gasteiger partial charge >= 0.3 is 23.5 Å². The lowest BCUT2D eigenvalue weighted by Crippen LogP contribution is -2.46. The third-order valence-corrected chi connectivity index (χ3v) is 11.8. The number of unbranched alkanes of at least 4 members (excludes halogenated alkanes) is 1. The second-order valence-corrected chi connectivity index (χ2v) is 18.4. The lowest BCUT2D eigenvalue weighted by Gasteiger charge is -2.30. The molecule has 3 rings (SSSR count). The van der Waals surface area contributed by atoms with Gasteiger partial charge in [0.25, 0.3) is 0 Å². The van der Waals surface area contributed by atoms with E-state index in [1.807, 2.05) is 19.1 Å². The average Bonchev–Trinajstić information content (AvgIpc) is 3.69. The number of nitrogens with zero attached hydrogens (tertiary/aromatic N) is 4. The number of anilines is 1. The van der Waals surface area contributed by atoms with Crippen molar-refractivity contribution >= 4 is 69.1 Å². The van der Waals surface area contributed by atoms with E-state index in [-0.39, 0.29) is 41.6 Å². The zero-order valence-corrected chi connectivity index (χ0v) is 35.0. The predicted octanol–water partition coefficient (Wildman–Crippen LogP) is 0.967. The lowest BCUT2D eigenvalue weighted by atomic mass is 9.87. The van der Waals surface area contributed by atoms with Crippen molar-refractivity contribution in [2.45, 2.75) is 77.1 Å². The predicted molar refractivity (Wildman–Crippen MR) is 205 cm³/mol. The maximum absolute atomic E-state index is 12.7. The molecule has 0 aromatic carbocycles. The average molecular weight is 904 g/mol. The Hall–Kier alpha value is -2.96. The fraction of sp³-hybridized carbons (Fsp3) is 0.600. The molecule has 0 spiro atoms. The Labute approximate surface area is 336 Å². The van der Waals surface area contributed by atoms with Crippen molar-refractivity contribution in [2.75, 3.05) is 37.8 Å². The number of imidazole rings is 1. The summed E-state index contributed by atoms with van der Waals surface area (Å²) in [7, 11) is -16.4. The Morgan fingerprint density at radius 1 is 1.03 bits per heavy atom. The molecule has 1 fully saturated rings. The number of amides is 2. The second kappa shape index (κ2) is 22.0. The monoisotopic (exact) mass is 903 g/mol. The van der Waals surface area contributed by atoms with E-state index in [9.17, 15) is 57.9 Å². The van der Waals surface area contributed by atoms with E-state index < -0.39 is 84.6 Å². The molecule has 0 aliphatic carbocycles. The largest absolute Gasteiger partial charge is 0.481 e. The number of allylic oxidation sites excluding steroid dienone is 3. The first-order chi connectivity index (χ1) is 27.1. The van der Waals surface area contributed by atoms with E-state index in [1.54, 1.807) is 6.08 Å². The van der Waals surface area contributed by atoms with Crippen molar-refractivity contribution < 1.29 is 80.5 Å². The first-order valence-electron chi connectivity index (χ1n) is 17.4. The molecule has 2 amide bonds. The molecule has 2 aromatic heterocycles. The minimum Gasteiger partial charge on any atom is -0.386 e. The van der Waals surface area contributed by atoms with Crippen LogP contribution in [0.1, 0.15) is 52.7 Å². The number of nitrogens with two attached hydrogens (primary N) is 1. The standard InChI is InChI=1S/C30H48N7O17P3S/c1-4-5-6-7-8-9-10-21(39)58-14-13-32-20(38)11-12-33-28(42)25(41)30(2,3)16-51-57(48,49)54-56(46,47)50-15-19-24(53-55(43,44)45)23(40)29(52-19)37-18-36-22-26(31)34-17-35-27(22)37/h5-6,9-10,17-19,23-25,29,40-41H,4,7-8,11-16H2,1-3H3,(H,32,38)(H,33,42)(H,46,47)(H,48,49)(H2,31,34,35)(H2,43,44,45)/b6-5+,10-9+. The van der Waals surface area contributed by atoms with Gasteiger partial charge in [-0.2, -0.15) is 4.31 Å². The topological polar surface area (TPSA) is 364 Å². The first kappa shape index (κ1) is 49.4. The van der Waals surface area contributed by atoms with E-state index in [4.69, 9.17) is 19.5 Å². The number of phosphoric ester groups is 3. The van der Waals surface area contributed by atoms with E-state index in [2.05, 4.69) is 34.4 Å². The maximum Gasteiger partial charge on any atom is 0.481 e. The molecule has 3 heterocycles. The summed E-state index contributed by atoms with van der Waals surface area (Å²) in [5.74, 6) is -1.13. The molecule has 7 unspecified atom stereocenters. The highest BCUT2D eigenvalue weighted by Crippen LogP contribution is 2.61. The minimum absolute atomic E-state index is 0.0300. The molecule has 0 saturated carbocycles. The number of phosphoric acid groups is 3. The van der Waals surface area contributed by atoms with Crippen LogP contribution < -0.4 is 16.4 Å². The van der Waals surface area contributed by atoms with Gasteiger partial charge in [0.15, 0.2) is 17.7 Å². The number of nitrogens with one attached hydrogen (secondary N) is 2. The van der Waals surface area contributed by atoms with Crippen molar-refractivity contribution in [1.29, 1.82) is 0 Å². The zero-order valence-electron chi connectivity index (χ0n) is 31.5. The van der Waals surface area contributed by atoms with Crippen molar-refractivity contribution in [1.82, 2.24) is 30.2 Å². The molecular formula is C30H48N7O17P3S. The van der Waals surface area contributed by atoms with Gasteiger partial charge in [0.1, 0.15) is 36.3 Å². The van der Waals surface area contributed by atoms with Crippen LogP contribution in [0.3, 0.4) is 0 Å². The molecule has 58 heavy (non-hydrogen) atoms. The molecule has 1 aliphatic rings. The number of fused-ring (bicyclic) bond motifs is 1. The summed E-state index contributed by atoms with van der Waals surface area (Å²) in [4.78, 5) is 87.6. The molecular weight excluding hydrogens is 855 g/mol. The van der Waals surface area contributed by atoms with Gasteiger partial charge in [-0.25, -0.2) is 28.6 Å². The van der Waals surface area contributed by atoms with E-state index in [0.29, 0.717) is 5.75 Å². The highest BCUT2D eigenvalue weighted by Gasteiger charge is 2.50. The molecule has 326 valence electrons. The highest BCUT2D eigenvalue weighted by atomic mass is 32.2. The number of carbonyl (C=O) groups is 3. The number of nitrogen functional groups attached to an aromatic ring is 1. The van der Waals surface area contributed by atoms with Gasteiger partial charge in [-0.15, -0.1) is 0 Å². The summed E-state index contributed by atoms with van der Waals surface area (Å²) in [5, 5.41) is 26.2.